The average Bonchev–Trinajstić information content (AvgIpc) is 3.45. The Bertz CT molecular complexity index is 1150. The van der Waals surface area contributed by atoms with Gasteiger partial charge < -0.3 is 14.3 Å². The average molecular weight is 419 g/mol. The van der Waals surface area contributed by atoms with Crippen LogP contribution in [0.25, 0.3) is 22.4 Å². The van der Waals surface area contributed by atoms with Crippen molar-refractivity contribution in [3.05, 3.63) is 66.4 Å². The number of benzene rings is 2. The summed E-state index contributed by atoms with van der Waals surface area (Å²) in [5, 5.41) is 9.50. The lowest BCUT2D eigenvalue weighted by Gasteiger charge is -2.29. The highest BCUT2D eigenvalue weighted by Crippen LogP contribution is 2.38. The number of carbonyl (C=O) groups is 1. The number of aromatic amines is 1. The van der Waals surface area contributed by atoms with Crippen LogP contribution in [-0.4, -0.2) is 39.1 Å². The molecule has 2 aromatic heterocycles. The lowest BCUT2D eigenvalue weighted by atomic mass is 10.1. The van der Waals surface area contributed by atoms with Crippen LogP contribution in [0.4, 0.5) is 0 Å². The van der Waals surface area contributed by atoms with E-state index < -0.39 is 5.25 Å². The number of para-hydroxylation sites is 1. The molecule has 0 radical (unpaired) electrons. The lowest BCUT2D eigenvalue weighted by Crippen LogP contribution is -2.38. The SMILES string of the molecule is O=C(C(Sc1nnc(-c2c[nH]c3ccccc23)o1)c1ccccc1)N1CCCCC1. The molecule has 0 saturated carbocycles. The summed E-state index contributed by atoms with van der Waals surface area (Å²) in [6.45, 7) is 1.63. The van der Waals surface area contributed by atoms with Gasteiger partial charge in [-0.2, -0.15) is 0 Å². The molecule has 1 atom stereocenters. The number of hydrogen-bond acceptors (Lipinski definition) is 5. The van der Waals surface area contributed by atoms with Crippen molar-refractivity contribution in [3.8, 4) is 11.5 Å². The summed E-state index contributed by atoms with van der Waals surface area (Å²) in [5.41, 5.74) is 2.83. The Balaban J connectivity index is 1.43. The van der Waals surface area contributed by atoms with Gasteiger partial charge in [0.05, 0.1) is 5.56 Å². The van der Waals surface area contributed by atoms with Crippen molar-refractivity contribution >= 4 is 28.6 Å². The summed E-state index contributed by atoms with van der Waals surface area (Å²) in [6.07, 6.45) is 5.18. The van der Waals surface area contributed by atoms with Gasteiger partial charge in [-0.1, -0.05) is 48.5 Å². The van der Waals surface area contributed by atoms with Gasteiger partial charge in [0.1, 0.15) is 5.25 Å². The Labute approximate surface area is 178 Å². The summed E-state index contributed by atoms with van der Waals surface area (Å²) in [4.78, 5) is 18.5. The van der Waals surface area contributed by atoms with Gasteiger partial charge in [0, 0.05) is 30.2 Å². The first-order valence-corrected chi connectivity index (χ1v) is 11.1. The van der Waals surface area contributed by atoms with Crippen molar-refractivity contribution in [1.82, 2.24) is 20.1 Å². The van der Waals surface area contributed by atoms with Gasteiger partial charge in [-0.3, -0.25) is 4.79 Å². The Kier molecular flexibility index (Phi) is 5.27. The number of hydrogen-bond donors (Lipinski definition) is 1. The maximum absolute atomic E-state index is 13.3. The number of nitrogens with zero attached hydrogens (tertiary/aromatic N) is 3. The van der Waals surface area contributed by atoms with Crippen LogP contribution in [0.15, 0.2) is 70.4 Å². The maximum atomic E-state index is 13.3. The van der Waals surface area contributed by atoms with Crippen molar-refractivity contribution < 1.29 is 9.21 Å². The van der Waals surface area contributed by atoms with Crippen LogP contribution < -0.4 is 0 Å². The van der Waals surface area contributed by atoms with E-state index in [4.69, 9.17) is 4.42 Å². The maximum Gasteiger partial charge on any atom is 0.277 e. The number of piperidine rings is 1. The number of amides is 1. The molecule has 1 N–H and O–H groups in total. The monoisotopic (exact) mass is 418 g/mol. The van der Waals surface area contributed by atoms with Gasteiger partial charge in [0.15, 0.2) is 0 Å². The molecular formula is C23H22N4O2S. The van der Waals surface area contributed by atoms with E-state index >= 15 is 0 Å². The molecule has 0 aliphatic carbocycles. The second-order valence-electron chi connectivity index (χ2n) is 7.42. The van der Waals surface area contributed by atoms with E-state index in [1.807, 2.05) is 65.7 Å². The lowest BCUT2D eigenvalue weighted by molar-refractivity contribution is -0.131. The number of fused-ring (bicyclic) bond motifs is 1. The molecule has 30 heavy (non-hydrogen) atoms. The van der Waals surface area contributed by atoms with Crippen LogP contribution in [0.5, 0.6) is 0 Å². The Morgan fingerprint density at radius 3 is 2.60 bits per heavy atom. The van der Waals surface area contributed by atoms with E-state index in [0.29, 0.717) is 11.1 Å². The molecule has 152 valence electrons. The summed E-state index contributed by atoms with van der Waals surface area (Å²) in [6, 6.07) is 17.8. The largest absolute Gasteiger partial charge is 0.411 e. The van der Waals surface area contributed by atoms with E-state index in [2.05, 4.69) is 15.2 Å². The van der Waals surface area contributed by atoms with Gasteiger partial charge >= 0.3 is 0 Å². The zero-order valence-electron chi connectivity index (χ0n) is 16.5. The highest BCUT2D eigenvalue weighted by molar-refractivity contribution is 8.00. The van der Waals surface area contributed by atoms with Gasteiger partial charge in [0.2, 0.25) is 5.91 Å². The number of likely N-dealkylation sites (tertiary alicyclic amines) is 1. The fourth-order valence-electron chi connectivity index (χ4n) is 3.88. The molecule has 1 saturated heterocycles. The fraction of sp³-hybridized carbons (Fsp3) is 0.261. The van der Waals surface area contributed by atoms with E-state index in [0.717, 1.165) is 48.0 Å². The molecule has 1 aliphatic heterocycles. The molecule has 2 aromatic carbocycles. The van der Waals surface area contributed by atoms with Crippen molar-refractivity contribution in [2.75, 3.05) is 13.1 Å². The quantitative estimate of drug-likeness (QED) is 0.458. The van der Waals surface area contributed by atoms with Crippen LogP contribution >= 0.6 is 11.8 Å². The molecular weight excluding hydrogens is 396 g/mol. The third kappa shape index (κ3) is 3.73. The number of carbonyl (C=O) groups excluding carboxylic acids is 1. The minimum Gasteiger partial charge on any atom is -0.411 e. The fourth-order valence-corrected chi connectivity index (χ4v) is 4.84. The summed E-state index contributed by atoms with van der Waals surface area (Å²) >= 11 is 1.33. The molecule has 7 heteroatoms. The molecule has 3 heterocycles. The molecule has 4 aromatic rings. The topological polar surface area (TPSA) is 75.0 Å². The van der Waals surface area contributed by atoms with Crippen LogP contribution in [0.2, 0.25) is 0 Å². The molecule has 0 bridgehead atoms. The van der Waals surface area contributed by atoms with Crippen molar-refractivity contribution in [2.24, 2.45) is 0 Å². The Morgan fingerprint density at radius 2 is 1.77 bits per heavy atom. The van der Waals surface area contributed by atoms with E-state index in [-0.39, 0.29) is 5.91 Å². The highest BCUT2D eigenvalue weighted by atomic mass is 32.2. The third-order valence-electron chi connectivity index (χ3n) is 5.44. The summed E-state index contributed by atoms with van der Waals surface area (Å²) in [5.74, 6) is 0.560. The minimum absolute atomic E-state index is 0.109. The summed E-state index contributed by atoms with van der Waals surface area (Å²) in [7, 11) is 0. The second kappa shape index (κ2) is 8.36. The number of nitrogens with one attached hydrogen (secondary N) is 1. The van der Waals surface area contributed by atoms with Crippen LogP contribution in [0.3, 0.4) is 0 Å². The van der Waals surface area contributed by atoms with Crippen LogP contribution in [0.1, 0.15) is 30.1 Å². The van der Waals surface area contributed by atoms with Crippen molar-refractivity contribution in [2.45, 2.75) is 29.7 Å². The number of rotatable bonds is 5. The zero-order valence-corrected chi connectivity index (χ0v) is 17.3. The van der Waals surface area contributed by atoms with Gasteiger partial charge in [-0.25, -0.2) is 0 Å². The zero-order chi connectivity index (χ0) is 20.3. The number of thioether (sulfide) groups is 1. The molecule has 6 nitrogen and oxygen atoms in total. The van der Waals surface area contributed by atoms with Crippen LogP contribution in [0, 0.1) is 0 Å². The van der Waals surface area contributed by atoms with Crippen LogP contribution in [-0.2, 0) is 4.79 Å². The van der Waals surface area contributed by atoms with Crippen molar-refractivity contribution in [3.63, 3.8) is 0 Å². The van der Waals surface area contributed by atoms with Gasteiger partial charge in [-0.05, 0) is 42.7 Å². The predicted octanol–water partition coefficient (Wildman–Crippen LogP) is 5.06. The smallest absolute Gasteiger partial charge is 0.277 e. The molecule has 1 unspecified atom stereocenters. The Hall–Kier alpha value is -3.06. The second-order valence-corrected chi connectivity index (χ2v) is 8.47. The van der Waals surface area contributed by atoms with E-state index in [9.17, 15) is 4.79 Å². The van der Waals surface area contributed by atoms with Gasteiger partial charge in [-0.15, -0.1) is 10.2 Å². The Morgan fingerprint density at radius 1 is 1.00 bits per heavy atom. The summed E-state index contributed by atoms with van der Waals surface area (Å²) < 4.78 is 5.98. The molecule has 5 rings (SSSR count). The van der Waals surface area contributed by atoms with Crippen molar-refractivity contribution in [1.29, 1.82) is 0 Å². The third-order valence-corrected chi connectivity index (χ3v) is 6.52. The molecule has 1 aliphatic rings. The van der Waals surface area contributed by atoms with E-state index in [1.54, 1.807) is 0 Å². The molecule has 1 amide bonds. The normalized spacial score (nSPS) is 15.4. The van der Waals surface area contributed by atoms with Gasteiger partial charge in [0.25, 0.3) is 11.1 Å². The highest BCUT2D eigenvalue weighted by Gasteiger charge is 2.30. The number of aromatic nitrogens is 3. The number of H-pyrrole nitrogens is 1. The first-order chi connectivity index (χ1) is 14.8. The predicted molar refractivity (Wildman–Crippen MR) is 117 cm³/mol. The first kappa shape index (κ1) is 18.9. The van der Waals surface area contributed by atoms with E-state index in [1.165, 1.54) is 18.2 Å². The standard InChI is InChI=1S/C23H22N4O2S/c28-22(27-13-7-2-8-14-27)20(16-9-3-1-4-10-16)30-23-26-25-21(29-23)18-15-24-19-12-6-5-11-17(18)19/h1,3-6,9-12,15,20,24H,2,7-8,13-14H2. The molecule has 1 fully saturated rings. The first-order valence-electron chi connectivity index (χ1n) is 10.2. The minimum atomic E-state index is -0.402. The molecule has 0 spiro atoms.